The number of hydrogen-bond acceptors (Lipinski definition) is 1. The standard InChI is InChI=1S/C12H13ClN2/c1-14-8-4-7-6-15-11-3-2-10(13)9(5-8)12(7)11/h2-3,6,8,14-15H,4-5H2,1H3. The molecule has 15 heavy (non-hydrogen) atoms. The number of aromatic amines is 1. The summed E-state index contributed by atoms with van der Waals surface area (Å²) in [5, 5.41) is 5.57. The summed E-state index contributed by atoms with van der Waals surface area (Å²) in [6, 6.07) is 4.55. The van der Waals surface area contributed by atoms with Gasteiger partial charge in [0, 0.05) is 28.2 Å². The normalized spacial score (nSPS) is 19.7. The van der Waals surface area contributed by atoms with E-state index in [1.807, 2.05) is 13.1 Å². The van der Waals surface area contributed by atoms with E-state index < -0.39 is 0 Å². The van der Waals surface area contributed by atoms with Crippen LogP contribution < -0.4 is 5.32 Å². The molecule has 0 amide bonds. The molecule has 3 rings (SSSR count). The highest BCUT2D eigenvalue weighted by molar-refractivity contribution is 6.32. The van der Waals surface area contributed by atoms with Crippen molar-refractivity contribution in [1.82, 2.24) is 10.3 Å². The van der Waals surface area contributed by atoms with Crippen molar-refractivity contribution >= 4 is 22.5 Å². The van der Waals surface area contributed by atoms with Crippen LogP contribution in [-0.2, 0) is 12.8 Å². The summed E-state index contributed by atoms with van der Waals surface area (Å²) in [4.78, 5) is 3.31. The van der Waals surface area contributed by atoms with Crippen molar-refractivity contribution in [2.45, 2.75) is 18.9 Å². The number of halogens is 1. The molecule has 0 aliphatic heterocycles. The molecule has 1 aliphatic rings. The first-order chi connectivity index (χ1) is 7.29. The summed E-state index contributed by atoms with van der Waals surface area (Å²) in [7, 11) is 2.01. The number of likely N-dealkylation sites (N-methyl/N-ethyl adjacent to an activating group) is 1. The SMILES string of the molecule is CNC1Cc2c[nH]c3ccc(Cl)c(c23)C1. The molecule has 2 nitrogen and oxygen atoms in total. The topological polar surface area (TPSA) is 27.8 Å². The molecule has 0 radical (unpaired) electrons. The Labute approximate surface area is 93.6 Å². The lowest BCUT2D eigenvalue weighted by molar-refractivity contribution is 0.551. The van der Waals surface area contributed by atoms with Crippen LogP contribution in [0.2, 0.25) is 5.02 Å². The largest absolute Gasteiger partial charge is 0.361 e. The van der Waals surface area contributed by atoms with Gasteiger partial charge >= 0.3 is 0 Å². The van der Waals surface area contributed by atoms with Gasteiger partial charge in [-0.05, 0) is 43.1 Å². The predicted octanol–water partition coefficient (Wildman–Crippen LogP) is 2.51. The molecule has 1 heterocycles. The molecule has 1 aromatic heterocycles. The van der Waals surface area contributed by atoms with E-state index in [9.17, 15) is 0 Å². The molecule has 1 unspecified atom stereocenters. The van der Waals surface area contributed by atoms with Gasteiger partial charge in [0.15, 0.2) is 0 Å². The Hall–Kier alpha value is -0.990. The van der Waals surface area contributed by atoms with E-state index in [2.05, 4.69) is 22.6 Å². The Morgan fingerprint density at radius 3 is 3.07 bits per heavy atom. The lowest BCUT2D eigenvalue weighted by Gasteiger charge is -2.22. The molecule has 1 atom stereocenters. The summed E-state index contributed by atoms with van der Waals surface area (Å²) in [5.74, 6) is 0. The average molecular weight is 221 g/mol. The van der Waals surface area contributed by atoms with Gasteiger partial charge < -0.3 is 10.3 Å². The van der Waals surface area contributed by atoms with Gasteiger partial charge in [0.05, 0.1) is 0 Å². The number of aromatic nitrogens is 1. The van der Waals surface area contributed by atoms with Crippen LogP contribution in [0.4, 0.5) is 0 Å². The molecular formula is C12H13ClN2. The number of hydrogen-bond donors (Lipinski definition) is 2. The van der Waals surface area contributed by atoms with Crippen LogP contribution in [-0.4, -0.2) is 18.1 Å². The van der Waals surface area contributed by atoms with E-state index in [-0.39, 0.29) is 0 Å². The van der Waals surface area contributed by atoms with Gasteiger partial charge in [0.2, 0.25) is 0 Å². The quantitative estimate of drug-likeness (QED) is 0.760. The van der Waals surface area contributed by atoms with Gasteiger partial charge in [0.1, 0.15) is 0 Å². The number of rotatable bonds is 1. The zero-order valence-corrected chi connectivity index (χ0v) is 9.36. The van der Waals surface area contributed by atoms with Crippen molar-refractivity contribution < 1.29 is 0 Å². The monoisotopic (exact) mass is 220 g/mol. The molecule has 0 saturated heterocycles. The Bertz CT molecular complexity index is 516. The van der Waals surface area contributed by atoms with Crippen LogP contribution in [0.25, 0.3) is 10.9 Å². The maximum atomic E-state index is 6.25. The fourth-order valence-corrected chi connectivity index (χ4v) is 2.73. The molecule has 2 N–H and O–H groups in total. The van der Waals surface area contributed by atoms with Crippen molar-refractivity contribution in [2.24, 2.45) is 0 Å². The number of H-pyrrole nitrogens is 1. The molecule has 0 fully saturated rings. The highest BCUT2D eigenvalue weighted by atomic mass is 35.5. The van der Waals surface area contributed by atoms with Crippen molar-refractivity contribution in [1.29, 1.82) is 0 Å². The lowest BCUT2D eigenvalue weighted by Crippen LogP contribution is -2.32. The van der Waals surface area contributed by atoms with Gasteiger partial charge in [-0.3, -0.25) is 0 Å². The molecule has 2 aromatic rings. The number of nitrogens with one attached hydrogen (secondary N) is 2. The predicted molar refractivity (Wildman–Crippen MR) is 63.6 cm³/mol. The van der Waals surface area contributed by atoms with Crippen LogP contribution in [0.15, 0.2) is 18.3 Å². The van der Waals surface area contributed by atoms with E-state index in [0.29, 0.717) is 6.04 Å². The fraction of sp³-hybridized carbons (Fsp3) is 0.333. The van der Waals surface area contributed by atoms with Crippen LogP contribution in [0.3, 0.4) is 0 Å². The van der Waals surface area contributed by atoms with E-state index in [1.165, 1.54) is 22.0 Å². The smallest absolute Gasteiger partial charge is 0.0460 e. The minimum absolute atomic E-state index is 0.511. The Kier molecular flexibility index (Phi) is 2.01. The summed E-state index contributed by atoms with van der Waals surface area (Å²) < 4.78 is 0. The zero-order chi connectivity index (χ0) is 10.4. The molecule has 0 bridgehead atoms. The average Bonchev–Trinajstić information content (AvgIpc) is 2.67. The lowest BCUT2D eigenvalue weighted by atomic mass is 9.89. The molecule has 0 saturated carbocycles. The van der Waals surface area contributed by atoms with Crippen molar-refractivity contribution in [2.75, 3.05) is 7.05 Å². The minimum atomic E-state index is 0.511. The maximum Gasteiger partial charge on any atom is 0.0460 e. The molecular weight excluding hydrogens is 208 g/mol. The molecule has 1 aliphatic carbocycles. The minimum Gasteiger partial charge on any atom is -0.361 e. The van der Waals surface area contributed by atoms with E-state index in [1.54, 1.807) is 0 Å². The van der Waals surface area contributed by atoms with Gasteiger partial charge in [-0.15, -0.1) is 0 Å². The summed E-state index contributed by atoms with van der Waals surface area (Å²) in [5.41, 5.74) is 3.88. The Morgan fingerprint density at radius 1 is 1.40 bits per heavy atom. The first kappa shape index (κ1) is 9.25. The third kappa shape index (κ3) is 1.29. The van der Waals surface area contributed by atoms with E-state index in [0.717, 1.165) is 17.9 Å². The summed E-state index contributed by atoms with van der Waals surface area (Å²) >= 11 is 6.25. The van der Waals surface area contributed by atoms with Gasteiger partial charge in [-0.2, -0.15) is 0 Å². The van der Waals surface area contributed by atoms with E-state index >= 15 is 0 Å². The molecule has 3 heteroatoms. The van der Waals surface area contributed by atoms with Gasteiger partial charge in [0.25, 0.3) is 0 Å². The molecule has 1 aromatic carbocycles. The van der Waals surface area contributed by atoms with Crippen LogP contribution in [0, 0.1) is 0 Å². The third-order valence-electron chi connectivity index (χ3n) is 3.30. The highest BCUT2D eigenvalue weighted by Crippen LogP contribution is 2.34. The van der Waals surface area contributed by atoms with Crippen LogP contribution in [0.1, 0.15) is 11.1 Å². The molecule has 0 spiro atoms. The van der Waals surface area contributed by atoms with Gasteiger partial charge in [-0.1, -0.05) is 11.6 Å². The second-order valence-corrected chi connectivity index (χ2v) is 4.56. The van der Waals surface area contributed by atoms with E-state index in [4.69, 9.17) is 11.6 Å². The first-order valence-corrected chi connectivity index (χ1v) is 5.62. The Balaban J connectivity index is 2.28. The maximum absolute atomic E-state index is 6.25. The summed E-state index contributed by atoms with van der Waals surface area (Å²) in [6.07, 6.45) is 4.22. The van der Waals surface area contributed by atoms with Crippen molar-refractivity contribution in [3.63, 3.8) is 0 Å². The van der Waals surface area contributed by atoms with Crippen LogP contribution in [0.5, 0.6) is 0 Å². The summed E-state index contributed by atoms with van der Waals surface area (Å²) in [6.45, 7) is 0. The van der Waals surface area contributed by atoms with Crippen LogP contribution >= 0.6 is 11.6 Å². The second-order valence-electron chi connectivity index (χ2n) is 4.16. The third-order valence-corrected chi connectivity index (χ3v) is 3.66. The first-order valence-electron chi connectivity index (χ1n) is 5.24. The Morgan fingerprint density at radius 2 is 2.27 bits per heavy atom. The highest BCUT2D eigenvalue weighted by Gasteiger charge is 2.22. The van der Waals surface area contributed by atoms with Gasteiger partial charge in [-0.25, -0.2) is 0 Å². The fourth-order valence-electron chi connectivity index (χ4n) is 2.50. The molecule has 78 valence electrons. The van der Waals surface area contributed by atoms with Crippen molar-refractivity contribution in [3.05, 3.63) is 34.5 Å². The second kappa shape index (κ2) is 3.26. The van der Waals surface area contributed by atoms with Crippen molar-refractivity contribution in [3.8, 4) is 0 Å². The number of benzene rings is 1. The zero-order valence-electron chi connectivity index (χ0n) is 8.60.